The Morgan fingerprint density at radius 2 is 1.71 bits per heavy atom. The molecule has 14 heavy (non-hydrogen) atoms. The zero-order chi connectivity index (χ0) is 10.6. The van der Waals surface area contributed by atoms with Gasteiger partial charge in [-0.05, 0) is 17.7 Å². The summed E-state index contributed by atoms with van der Waals surface area (Å²) in [4.78, 5) is 2.01. The van der Waals surface area contributed by atoms with E-state index >= 15 is 0 Å². The fourth-order valence-corrected chi connectivity index (χ4v) is 1.08. The molecule has 0 atom stereocenters. The van der Waals surface area contributed by atoms with Crippen LogP contribution in [0.1, 0.15) is 5.56 Å². The smallest absolute Gasteiger partial charge is 0.424 e. The third-order valence-electron chi connectivity index (χ3n) is 1.87. The fraction of sp³-hybridized carbons (Fsp3) is 0.200. The average molecular weight is 191 g/mol. The lowest BCUT2D eigenvalue weighted by molar-refractivity contribution is 0.424. The van der Waals surface area contributed by atoms with E-state index in [1.165, 1.54) is 5.98 Å². The van der Waals surface area contributed by atoms with Gasteiger partial charge in [0.1, 0.15) is 0 Å². The van der Waals surface area contributed by atoms with Crippen molar-refractivity contribution in [1.29, 1.82) is 0 Å². The Hall–Kier alpha value is -1.26. The van der Waals surface area contributed by atoms with Crippen molar-refractivity contribution in [2.45, 2.75) is 0 Å². The van der Waals surface area contributed by atoms with Gasteiger partial charge in [0, 0.05) is 19.8 Å². The van der Waals surface area contributed by atoms with Crippen molar-refractivity contribution in [2.24, 2.45) is 0 Å². The predicted octanol–water partition coefficient (Wildman–Crippen LogP) is 0.778. The Kier molecular flexibility index (Phi) is 3.74. The molecule has 0 spiro atoms. The van der Waals surface area contributed by atoms with E-state index in [-0.39, 0.29) is 0 Å². The van der Waals surface area contributed by atoms with E-state index in [2.05, 4.69) is 0 Å². The molecule has 74 valence electrons. The summed E-state index contributed by atoms with van der Waals surface area (Å²) in [5, 5.41) is 17.2. The van der Waals surface area contributed by atoms with Crippen LogP contribution in [0, 0.1) is 0 Å². The maximum absolute atomic E-state index is 8.62. The van der Waals surface area contributed by atoms with Crippen LogP contribution in [-0.4, -0.2) is 31.3 Å². The van der Waals surface area contributed by atoms with E-state index in [0.717, 1.165) is 11.3 Å². The summed E-state index contributed by atoms with van der Waals surface area (Å²) in [6.45, 7) is 0. The fourth-order valence-electron chi connectivity index (χ4n) is 1.08. The number of rotatable bonds is 3. The van der Waals surface area contributed by atoms with Gasteiger partial charge in [-0.2, -0.15) is 0 Å². The molecule has 0 aliphatic rings. The Labute approximate surface area is 84.4 Å². The van der Waals surface area contributed by atoms with Crippen LogP contribution in [0.4, 0.5) is 5.69 Å². The summed E-state index contributed by atoms with van der Waals surface area (Å²) in [5.41, 5.74) is 2.07. The van der Waals surface area contributed by atoms with Crippen molar-refractivity contribution in [2.75, 3.05) is 19.0 Å². The first-order valence-electron chi connectivity index (χ1n) is 4.41. The van der Waals surface area contributed by atoms with E-state index in [1.54, 1.807) is 6.08 Å². The van der Waals surface area contributed by atoms with Crippen molar-refractivity contribution in [3.8, 4) is 0 Å². The number of hydrogen-bond donors (Lipinski definition) is 2. The second kappa shape index (κ2) is 4.84. The zero-order valence-corrected chi connectivity index (χ0v) is 8.38. The highest BCUT2D eigenvalue weighted by Gasteiger charge is 1.98. The summed E-state index contributed by atoms with van der Waals surface area (Å²) >= 11 is 0. The third kappa shape index (κ3) is 3.24. The minimum Gasteiger partial charge on any atom is -0.424 e. The Bertz CT molecular complexity index is 306. The molecule has 0 fully saturated rings. The van der Waals surface area contributed by atoms with Gasteiger partial charge in [0.05, 0.1) is 0 Å². The molecular formula is C10H14BNO2. The van der Waals surface area contributed by atoms with E-state index in [4.69, 9.17) is 10.0 Å². The topological polar surface area (TPSA) is 43.7 Å². The van der Waals surface area contributed by atoms with Crippen molar-refractivity contribution in [3.63, 3.8) is 0 Å². The van der Waals surface area contributed by atoms with E-state index < -0.39 is 7.12 Å². The van der Waals surface area contributed by atoms with Gasteiger partial charge in [0.2, 0.25) is 0 Å². The second-order valence-electron chi connectivity index (χ2n) is 3.26. The van der Waals surface area contributed by atoms with E-state index in [0.29, 0.717) is 0 Å². The molecule has 0 saturated carbocycles. The lowest BCUT2D eigenvalue weighted by Crippen LogP contribution is -2.08. The maximum atomic E-state index is 8.62. The highest BCUT2D eigenvalue weighted by molar-refractivity contribution is 6.48. The quantitative estimate of drug-likeness (QED) is 0.693. The zero-order valence-electron chi connectivity index (χ0n) is 8.38. The van der Waals surface area contributed by atoms with Crippen molar-refractivity contribution < 1.29 is 10.0 Å². The van der Waals surface area contributed by atoms with Crippen molar-refractivity contribution in [1.82, 2.24) is 0 Å². The third-order valence-corrected chi connectivity index (χ3v) is 1.87. The predicted molar refractivity (Wildman–Crippen MR) is 60.0 cm³/mol. The Morgan fingerprint density at radius 1 is 1.14 bits per heavy atom. The van der Waals surface area contributed by atoms with Crippen molar-refractivity contribution in [3.05, 3.63) is 35.8 Å². The molecule has 0 heterocycles. The molecule has 2 N–H and O–H groups in total. The lowest BCUT2D eigenvalue weighted by Gasteiger charge is -2.11. The Balaban J connectivity index is 2.73. The first-order valence-corrected chi connectivity index (χ1v) is 4.41. The lowest BCUT2D eigenvalue weighted by atomic mass is 9.91. The molecule has 0 unspecified atom stereocenters. The van der Waals surface area contributed by atoms with Gasteiger partial charge in [0.25, 0.3) is 0 Å². The van der Waals surface area contributed by atoms with Crippen LogP contribution in [0.15, 0.2) is 30.2 Å². The highest BCUT2D eigenvalue weighted by atomic mass is 16.4. The van der Waals surface area contributed by atoms with Crippen molar-refractivity contribution >= 4 is 18.9 Å². The number of nitrogens with zero attached hydrogens (tertiary/aromatic N) is 1. The summed E-state index contributed by atoms with van der Waals surface area (Å²) < 4.78 is 0. The molecule has 1 rings (SSSR count). The number of anilines is 1. The second-order valence-corrected chi connectivity index (χ2v) is 3.26. The molecule has 1 aromatic carbocycles. The minimum absolute atomic E-state index is 0.948. The largest absolute Gasteiger partial charge is 0.480 e. The number of hydrogen-bond acceptors (Lipinski definition) is 3. The minimum atomic E-state index is -1.39. The monoisotopic (exact) mass is 191 g/mol. The van der Waals surface area contributed by atoms with Crippen LogP contribution in [0.2, 0.25) is 0 Å². The first-order chi connectivity index (χ1) is 6.59. The van der Waals surface area contributed by atoms with E-state index in [1.807, 2.05) is 43.3 Å². The molecule has 0 aromatic heterocycles. The van der Waals surface area contributed by atoms with Crippen LogP contribution in [-0.2, 0) is 0 Å². The Morgan fingerprint density at radius 3 is 2.14 bits per heavy atom. The van der Waals surface area contributed by atoms with Gasteiger partial charge in [-0.3, -0.25) is 0 Å². The number of benzene rings is 1. The van der Waals surface area contributed by atoms with Gasteiger partial charge in [-0.1, -0.05) is 24.2 Å². The summed E-state index contributed by atoms with van der Waals surface area (Å²) in [6.07, 6.45) is 1.67. The molecule has 0 aliphatic heterocycles. The first kappa shape index (κ1) is 10.8. The standard InChI is InChI=1S/C10H14BNO2/c1-12(2)10-5-3-9(4-6-10)7-8-11(13)14/h3-8,13-14H,1-2H3. The van der Waals surface area contributed by atoms with Crippen LogP contribution in [0.25, 0.3) is 6.08 Å². The molecule has 4 heteroatoms. The molecule has 0 bridgehead atoms. The van der Waals surface area contributed by atoms with Gasteiger partial charge in [0.15, 0.2) is 0 Å². The molecular weight excluding hydrogens is 177 g/mol. The molecule has 0 radical (unpaired) electrons. The molecule has 0 amide bonds. The highest BCUT2D eigenvalue weighted by Crippen LogP contribution is 2.12. The molecule has 3 nitrogen and oxygen atoms in total. The molecule has 0 saturated heterocycles. The van der Waals surface area contributed by atoms with E-state index in [9.17, 15) is 0 Å². The van der Waals surface area contributed by atoms with Crippen LogP contribution >= 0.6 is 0 Å². The SMILES string of the molecule is CN(C)c1ccc(C=CB(O)O)cc1. The summed E-state index contributed by atoms with van der Waals surface area (Å²) in [7, 11) is 2.56. The normalized spacial score (nSPS) is 10.6. The van der Waals surface area contributed by atoms with Crippen LogP contribution in [0.5, 0.6) is 0 Å². The van der Waals surface area contributed by atoms with Gasteiger partial charge >= 0.3 is 7.12 Å². The van der Waals surface area contributed by atoms with Gasteiger partial charge < -0.3 is 14.9 Å². The summed E-state index contributed by atoms with van der Waals surface area (Å²) in [5.74, 6) is 1.32. The van der Waals surface area contributed by atoms with Crippen LogP contribution < -0.4 is 4.90 Å². The van der Waals surface area contributed by atoms with Crippen LogP contribution in [0.3, 0.4) is 0 Å². The average Bonchev–Trinajstić information content (AvgIpc) is 2.15. The van der Waals surface area contributed by atoms with Gasteiger partial charge in [-0.15, -0.1) is 0 Å². The maximum Gasteiger partial charge on any atom is 0.480 e. The molecule has 0 aliphatic carbocycles. The van der Waals surface area contributed by atoms with Gasteiger partial charge in [-0.25, -0.2) is 0 Å². The summed E-state index contributed by atoms with van der Waals surface area (Å²) in [6, 6.07) is 7.80. The molecule has 1 aromatic rings.